The Hall–Kier alpha value is -4.31. The Balaban J connectivity index is 1.15. The number of rotatable bonds is 6. The quantitative estimate of drug-likeness (QED) is 0.372. The van der Waals surface area contributed by atoms with Crippen molar-refractivity contribution in [1.29, 1.82) is 0 Å². The molecule has 2 aliphatic heterocycles. The molecule has 2 fully saturated rings. The Labute approximate surface area is 249 Å². The summed E-state index contributed by atoms with van der Waals surface area (Å²) >= 11 is 0. The van der Waals surface area contributed by atoms with Gasteiger partial charge in [0.25, 0.3) is 11.5 Å². The minimum Gasteiger partial charge on any atom is -0.388 e. The van der Waals surface area contributed by atoms with Gasteiger partial charge in [0.05, 0.1) is 17.5 Å². The number of aromatic nitrogens is 3. The van der Waals surface area contributed by atoms with Crippen molar-refractivity contribution in [3.8, 4) is 0 Å². The fourth-order valence-corrected chi connectivity index (χ4v) is 6.60. The average molecular weight is 586 g/mol. The molecule has 2 aliphatic rings. The van der Waals surface area contributed by atoms with Crippen LogP contribution in [0.15, 0.2) is 78.0 Å². The Morgan fingerprint density at radius 1 is 1.00 bits per heavy atom. The Kier molecular flexibility index (Phi) is 7.87. The summed E-state index contributed by atoms with van der Waals surface area (Å²) < 4.78 is 17.2. The molecule has 43 heavy (non-hydrogen) atoms. The standard InChI is InChI=1S/C33H36FN5O4/c1-2-36-15-12-27-29(36)35-22-39(32(27)42)21-33(43)13-17-37(18-14-33)31(41)26-11-16-38(20-28(26)23-7-4-3-5-8-23)30(40)24-9-6-10-25(34)19-24/h3-10,12,15,19,22,26,28,43H,2,11,13-14,16-18,20-21H2,1H3. The second-order valence-electron chi connectivity index (χ2n) is 11.7. The van der Waals surface area contributed by atoms with Crippen LogP contribution in [0.4, 0.5) is 4.39 Å². The van der Waals surface area contributed by atoms with Gasteiger partial charge < -0.3 is 19.5 Å². The fraction of sp³-hybridized carbons (Fsp3) is 0.394. The van der Waals surface area contributed by atoms with Gasteiger partial charge in [0.2, 0.25) is 5.91 Å². The molecule has 2 saturated heterocycles. The molecule has 9 nitrogen and oxygen atoms in total. The number of aryl methyl sites for hydroxylation is 1. The van der Waals surface area contributed by atoms with Gasteiger partial charge >= 0.3 is 0 Å². The topological polar surface area (TPSA) is 101 Å². The third-order valence-electron chi connectivity index (χ3n) is 9.07. The lowest BCUT2D eigenvalue weighted by Crippen LogP contribution is -2.53. The molecule has 1 N–H and O–H groups in total. The first kappa shape index (κ1) is 28.8. The van der Waals surface area contributed by atoms with Crippen molar-refractivity contribution < 1.29 is 19.1 Å². The molecule has 2 amide bonds. The summed E-state index contributed by atoms with van der Waals surface area (Å²) in [5.41, 5.74) is 0.582. The SMILES string of the molecule is CCn1ccc2c(=O)n(CC3(O)CCN(C(=O)C4CCN(C(=O)c5cccc(F)c5)CC4c4ccccc4)CC3)cnc21. The number of carbonyl (C=O) groups excluding carboxylic acids is 2. The second-order valence-corrected chi connectivity index (χ2v) is 11.7. The molecule has 4 heterocycles. The molecular weight excluding hydrogens is 549 g/mol. The Morgan fingerprint density at radius 2 is 1.77 bits per heavy atom. The molecule has 0 aliphatic carbocycles. The second kappa shape index (κ2) is 11.8. The smallest absolute Gasteiger partial charge is 0.262 e. The van der Waals surface area contributed by atoms with E-state index in [4.69, 9.17) is 0 Å². The molecule has 4 aromatic rings. The van der Waals surface area contributed by atoms with Gasteiger partial charge in [-0.05, 0) is 56.0 Å². The van der Waals surface area contributed by atoms with Crippen molar-refractivity contribution in [2.45, 2.75) is 50.8 Å². The molecule has 0 radical (unpaired) electrons. The molecule has 2 unspecified atom stereocenters. The summed E-state index contributed by atoms with van der Waals surface area (Å²) in [5, 5.41) is 12.0. The predicted octanol–water partition coefficient (Wildman–Crippen LogP) is 3.66. The van der Waals surface area contributed by atoms with E-state index < -0.39 is 11.4 Å². The number of nitrogens with zero attached hydrogens (tertiary/aromatic N) is 5. The molecule has 10 heteroatoms. The normalized spacial score (nSPS) is 20.3. The van der Waals surface area contributed by atoms with Crippen molar-refractivity contribution in [2.75, 3.05) is 26.2 Å². The van der Waals surface area contributed by atoms with Crippen molar-refractivity contribution in [1.82, 2.24) is 23.9 Å². The number of fused-ring (bicyclic) bond motifs is 1. The van der Waals surface area contributed by atoms with Crippen LogP contribution in [-0.2, 0) is 17.9 Å². The number of halogens is 1. The van der Waals surface area contributed by atoms with Gasteiger partial charge in [0, 0.05) is 56.3 Å². The maximum Gasteiger partial charge on any atom is 0.262 e. The first-order valence-corrected chi connectivity index (χ1v) is 14.9. The number of piperidine rings is 2. The first-order chi connectivity index (χ1) is 20.8. The van der Waals surface area contributed by atoms with Crippen molar-refractivity contribution >= 4 is 22.8 Å². The van der Waals surface area contributed by atoms with E-state index in [0.29, 0.717) is 68.6 Å². The predicted molar refractivity (Wildman–Crippen MR) is 160 cm³/mol. The molecule has 0 saturated carbocycles. The first-order valence-electron chi connectivity index (χ1n) is 14.9. The zero-order valence-electron chi connectivity index (χ0n) is 24.2. The third-order valence-corrected chi connectivity index (χ3v) is 9.07. The van der Waals surface area contributed by atoms with Gasteiger partial charge in [-0.3, -0.25) is 19.0 Å². The molecule has 0 bridgehead atoms. The number of amides is 2. The molecule has 2 aromatic carbocycles. The lowest BCUT2D eigenvalue weighted by atomic mass is 9.79. The highest BCUT2D eigenvalue weighted by Crippen LogP contribution is 2.36. The van der Waals surface area contributed by atoms with E-state index in [9.17, 15) is 23.9 Å². The summed E-state index contributed by atoms with van der Waals surface area (Å²) in [4.78, 5) is 48.3. The maximum atomic E-state index is 14.0. The van der Waals surface area contributed by atoms with E-state index in [1.54, 1.807) is 17.0 Å². The van der Waals surface area contributed by atoms with Gasteiger partial charge in [-0.15, -0.1) is 0 Å². The molecule has 0 spiro atoms. The highest BCUT2D eigenvalue weighted by molar-refractivity contribution is 5.94. The lowest BCUT2D eigenvalue weighted by molar-refractivity contribution is -0.142. The Bertz CT molecular complexity index is 1690. The van der Waals surface area contributed by atoms with Crippen LogP contribution in [0.5, 0.6) is 0 Å². The van der Waals surface area contributed by atoms with Crippen LogP contribution in [0, 0.1) is 11.7 Å². The van der Waals surface area contributed by atoms with Crippen LogP contribution in [0.2, 0.25) is 0 Å². The molecule has 224 valence electrons. The summed E-state index contributed by atoms with van der Waals surface area (Å²) in [5.74, 6) is -1.24. The fourth-order valence-electron chi connectivity index (χ4n) is 6.60. The number of hydrogen-bond donors (Lipinski definition) is 1. The molecule has 2 aromatic heterocycles. The van der Waals surface area contributed by atoms with E-state index in [2.05, 4.69) is 4.98 Å². The van der Waals surface area contributed by atoms with Gasteiger partial charge in [0.1, 0.15) is 17.8 Å². The highest BCUT2D eigenvalue weighted by Gasteiger charge is 2.41. The number of benzene rings is 2. The lowest BCUT2D eigenvalue weighted by Gasteiger charge is -2.43. The molecule has 2 atom stereocenters. The summed E-state index contributed by atoms with van der Waals surface area (Å²) in [6.07, 6.45) is 4.50. The summed E-state index contributed by atoms with van der Waals surface area (Å²) in [6, 6.07) is 17.2. The number of carbonyl (C=O) groups is 2. The largest absolute Gasteiger partial charge is 0.388 e. The van der Waals surface area contributed by atoms with E-state index in [-0.39, 0.29) is 35.8 Å². The minimum absolute atomic E-state index is 0.00918. The van der Waals surface area contributed by atoms with E-state index in [0.717, 1.165) is 5.56 Å². The number of likely N-dealkylation sites (tertiary alicyclic amines) is 2. The van der Waals surface area contributed by atoms with Crippen molar-refractivity contribution in [3.63, 3.8) is 0 Å². The van der Waals surface area contributed by atoms with Crippen molar-refractivity contribution in [2.24, 2.45) is 5.92 Å². The monoisotopic (exact) mass is 585 g/mol. The summed E-state index contributed by atoms with van der Waals surface area (Å²) in [6.45, 7) is 4.30. The average Bonchev–Trinajstić information content (AvgIpc) is 3.46. The van der Waals surface area contributed by atoms with E-state index >= 15 is 0 Å². The minimum atomic E-state index is -1.14. The highest BCUT2D eigenvalue weighted by atomic mass is 19.1. The number of aliphatic hydroxyl groups is 1. The van der Waals surface area contributed by atoms with Crippen LogP contribution in [0.25, 0.3) is 11.0 Å². The van der Waals surface area contributed by atoms with Crippen LogP contribution in [0.1, 0.15) is 48.0 Å². The van der Waals surface area contributed by atoms with Crippen LogP contribution in [0.3, 0.4) is 0 Å². The third kappa shape index (κ3) is 5.71. The van der Waals surface area contributed by atoms with Gasteiger partial charge in [0.15, 0.2) is 0 Å². The van der Waals surface area contributed by atoms with Crippen LogP contribution in [-0.4, -0.2) is 72.6 Å². The van der Waals surface area contributed by atoms with E-state index in [1.807, 2.05) is 52.9 Å². The van der Waals surface area contributed by atoms with Crippen molar-refractivity contribution in [3.05, 3.63) is 100 Å². The van der Waals surface area contributed by atoms with Gasteiger partial charge in [-0.25, -0.2) is 9.37 Å². The Morgan fingerprint density at radius 3 is 2.49 bits per heavy atom. The summed E-state index contributed by atoms with van der Waals surface area (Å²) in [7, 11) is 0. The maximum absolute atomic E-state index is 14.0. The number of hydrogen-bond acceptors (Lipinski definition) is 5. The van der Waals surface area contributed by atoms with E-state index in [1.165, 1.54) is 29.1 Å². The van der Waals surface area contributed by atoms with Gasteiger partial charge in [-0.2, -0.15) is 0 Å². The zero-order chi connectivity index (χ0) is 30.1. The van der Waals surface area contributed by atoms with Crippen LogP contribution < -0.4 is 5.56 Å². The van der Waals surface area contributed by atoms with Crippen LogP contribution >= 0.6 is 0 Å². The zero-order valence-corrected chi connectivity index (χ0v) is 24.2. The molecular formula is C33H36FN5O4. The molecule has 6 rings (SSSR count). The van der Waals surface area contributed by atoms with Gasteiger partial charge in [-0.1, -0.05) is 36.4 Å².